The molecule has 1 aliphatic heterocycles. The second-order valence-electron chi connectivity index (χ2n) is 13.2. The molecule has 11 nitrogen and oxygen atoms in total. The number of Topliss-reactive ketones (excluding diaryl/α,β-unsaturated/α-hetero) is 1. The third kappa shape index (κ3) is 9.97. The van der Waals surface area contributed by atoms with Crippen LogP contribution in [0.15, 0.2) is 99.2 Å². The zero-order chi connectivity index (χ0) is 38.6. The van der Waals surface area contributed by atoms with Crippen molar-refractivity contribution in [1.82, 2.24) is 0 Å². The minimum Gasteiger partial charge on any atom is -0.486 e. The van der Waals surface area contributed by atoms with Crippen LogP contribution in [0.1, 0.15) is 56.6 Å². The first-order valence-electron chi connectivity index (χ1n) is 18.0. The number of esters is 2. The van der Waals surface area contributed by atoms with Gasteiger partial charge in [-0.2, -0.15) is 0 Å². The van der Waals surface area contributed by atoms with Gasteiger partial charge in [-0.15, -0.1) is 0 Å². The van der Waals surface area contributed by atoms with Gasteiger partial charge in [0, 0.05) is 37.8 Å². The van der Waals surface area contributed by atoms with E-state index in [1.165, 1.54) is 19.1 Å². The van der Waals surface area contributed by atoms with Crippen LogP contribution >= 0.6 is 0 Å². The van der Waals surface area contributed by atoms with Gasteiger partial charge < -0.3 is 37.9 Å². The average Bonchev–Trinajstić information content (AvgIpc) is 3.78. The first kappa shape index (κ1) is 39.8. The van der Waals surface area contributed by atoms with Crippen LogP contribution in [0.25, 0.3) is 12.2 Å². The Kier molecular flexibility index (Phi) is 13.7. The summed E-state index contributed by atoms with van der Waals surface area (Å²) in [4.78, 5) is 40.2. The van der Waals surface area contributed by atoms with Crippen molar-refractivity contribution in [3.63, 3.8) is 0 Å². The quantitative estimate of drug-likeness (QED) is 0.0819. The largest absolute Gasteiger partial charge is 0.486 e. The van der Waals surface area contributed by atoms with Gasteiger partial charge in [0.1, 0.15) is 38.6 Å². The minimum absolute atomic E-state index is 0.0564. The van der Waals surface area contributed by atoms with E-state index in [1.807, 2.05) is 0 Å². The lowest BCUT2D eigenvalue weighted by atomic mass is 9.77. The summed E-state index contributed by atoms with van der Waals surface area (Å²) in [6.07, 6.45) is 13.0. The lowest BCUT2D eigenvalue weighted by molar-refractivity contribution is -0.188. The normalized spacial score (nSPS) is 22.6. The van der Waals surface area contributed by atoms with Crippen LogP contribution in [0, 0.1) is 0 Å². The monoisotopic (exact) mass is 740 g/mol. The molecule has 286 valence electrons. The predicted octanol–water partition coefficient (Wildman–Crippen LogP) is 7.30. The van der Waals surface area contributed by atoms with Crippen molar-refractivity contribution in [3.05, 3.63) is 110 Å². The Bertz CT molecular complexity index is 1770. The highest BCUT2D eigenvalue weighted by atomic mass is 16.8. The summed E-state index contributed by atoms with van der Waals surface area (Å²) >= 11 is 0. The van der Waals surface area contributed by atoms with Crippen molar-refractivity contribution in [2.24, 2.45) is 0 Å². The van der Waals surface area contributed by atoms with E-state index in [0.717, 1.165) is 12.8 Å². The highest BCUT2D eigenvalue weighted by Gasteiger charge is 2.61. The van der Waals surface area contributed by atoms with Crippen LogP contribution < -0.4 is 18.9 Å². The smallest absolute Gasteiger partial charge is 0.331 e. The first-order valence-corrected chi connectivity index (χ1v) is 18.0. The molecule has 0 N–H and O–H groups in total. The van der Waals surface area contributed by atoms with Crippen molar-refractivity contribution in [3.8, 4) is 23.0 Å². The van der Waals surface area contributed by atoms with Gasteiger partial charge in [-0.1, -0.05) is 62.8 Å². The summed E-state index contributed by atoms with van der Waals surface area (Å²) < 4.78 is 47.8. The number of carbonyl (C=O) groups excluding carboxylic acids is 3. The number of hydrogen-bond donors (Lipinski definition) is 0. The third-order valence-corrected chi connectivity index (χ3v) is 9.27. The summed E-state index contributed by atoms with van der Waals surface area (Å²) in [6, 6.07) is 10.4. The van der Waals surface area contributed by atoms with Crippen molar-refractivity contribution < 1.29 is 52.3 Å². The molecular formula is C43H48O11. The molecule has 0 amide bonds. The Balaban J connectivity index is 1.34. The molecule has 4 atom stereocenters. The number of benzene rings is 2. The fourth-order valence-corrected chi connectivity index (χ4v) is 6.78. The molecule has 1 spiro atoms. The minimum atomic E-state index is -1.63. The fourth-order valence-electron chi connectivity index (χ4n) is 6.78. The molecule has 0 unspecified atom stereocenters. The Labute approximate surface area is 316 Å². The summed E-state index contributed by atoms with van der Waals surface area (Å²) in [5.74, 6) is -0.704. The Morgan fingerprint density at radius 1 is 0.704 bits per heavy atom. The van der Waals surface area contributed by atoms with Gasteiger partial charge in [-0.25, -0.2) is 9.59 Å². The summed E-state index contributed by atoms with van der Waals surface area (Å²) in [5, 5.41) is 0. The highest BCUT2D eigenvalue weighted by molar-refractivity contribution is 5.93. The van der Waals surface area contributed by atoms with E-state index in [2.05, 4.69) is 26.3 Å². The molecule has 1 heterocycles. The maximum absolute atomic E-state index is 13.4. The Hall–Kier alpha value is -5.39. The molecule has 2 aromatic rings. The molecule has 0 bridgehead atoms. The van der Waals surface area contributed by atoms with Gasteiger partial charge in [0.05, 0.1) is 6.10 Å². The molecule has 2 aromatic carbocycles. The molecule has 0 aromatic heterocycles. The standard InChI is InChI=1S/C43H48O11/c1-6-22-47-33-16-12-31(26-35(33)49-24-8-3)14-18-39(45)51-37-28-42(30(5)44,29-38-41(37)54-43(52-38)20-10-11-21-43)53-40(46)19-15-32-13-17-34(48-23-7-2)36(27-32)50-25-9-4/h6-9,12-19,26-27,37-38,41H,1-4,10-11,20-25,28-29H2,5H3/b18-14+,19-15+/t37-,38-,41+,42-/m1/s1. The van der Waals surface area contributed by atoms with E-state index in [1.54, 1.807) is 72.9 Å². The van der Waals surface area contributed by atoms with Gasteiger partial charge in [-0.05, 0) is 67.3 Å². The second kappa shape index (κ2) is 18.6. The van der Waals surface area contributed by atoms with Crippen molar-refractivity contribution in [1.29, 1.82) is 0 Å². The topological polar surface area (TPSA) is 125 Å². The Morgan fingerprint density at radius 3 is 1.70 bits per heavy atom. The average molecular weight is 741 g/mol. The SMILES string of the molecule is C=CCOc1ccc(/C=C/C(=O)O[C@@H]2C[C@](OC(=O)/C=C/c3ccc(OCC=C)c(OCC=C)c3)(C(C)=O)C[C@H]3OC4(CCCC4)O[C@@H]23)cc1OCC=C. The summed E-state index contributed by atoms with van der Waals surface area (Å²) in [5.41, 5.74) is -0.351. The van der Waals surface area contributed by atoms with E-state index in [4.69, 9.17) is 37.9 Å². The second-order valence-corrected chi connectivity index (χ2v) is 13.2. The summed E-state index contributed by atoms with van der Waals surface area (Å²) in [7, 11) is 0. The summed E-state index contributed by atoms with van der Waals surface area (Å²) in [6.45, 7) is 17.2. The van der Waals surface area contributed by atoms with E-state index in [9.17, 15) is 14.4 Å². The molecular weight excluding hydrogens is 692 g/mol. The van der Waals surface area contributed by atoms with Crippen LogP contribution in [0.3, 0.4) is 0 Å². The number of ketones is 1. The fraction of sp³-hybridized carbons (Fsp3) is 0.372. The van der Waals surface area contributed by atoms with Gasteiger partial charge in [0.25, 0.3) is 0 Å². The van der Waals surface area contributed by atoms with E-state index in [-0.39, 0.29) is 32.7 Å². The van der Waals surface area contributed by atoms with Gasteiger partial charge >= 0.3 is 11.9 Å². The molecule has 0 radical (unpaired) electrons. The van der Waals surface area contributed by atoms with Crippen molar-refractivity contribution in [2.75, 3.05) is 26.4 Å². The molecule has 1 saturated heterocycles. The number of rotatable bonds is 19. The van der Waals surface area contributed by atoms with Gasteiger partial charge in [0.15, 0.2) is 40.2 Å². The molecule has 3 fully saturated rings. The number of carbonyl (C=O) groups is 3. The maximum atomic E-state index is 13.4. The van der Waals surface area contributed by atoms with E-state index >= 15 is 0 Å². The maximum Gasteiger partial charge on any atom is 0.331 e. The van der Waals surface area contributed by atoms with Crippen LogP contribution in [-0.4, -0.2) is 73.8 Å². The van der Waals surface area contributed by atoms with Gasteiger partial charge in [0.2, 0.25) is 0 Å². The molecule has 3 aliphatic rings. The molecule has 54 heavy (non-hydrogen) atoms. The molecule has 5 rings (SSSR count). The van der Waals surface area contributed by atoms with E-state index < -0.39 is 47.4 Å². The van der Waals surface area contributed by atoms with Crippen LogP contribution in [0.5, 0.6) is 23.0 Å². The predicted molar refractivity (Wildman–Crippen MR) is 203 cm³/mol. The van der Waals surface area contributed by atoms with Crippen LogP contribution in [0.4, 0.5) is 0 Å². The first-order chi connectivity index (χ1) is 26.1. The van der Waals surface area contributed by atoms with Crippen LogP contribution in [-0.2, 0) is 33.3 Å². The Morgan fingerprint density at radius 2 is 1.20 bits per heavy atom. The number of fused-ring (bicyclic) bond motifs is 1. The lowest BCUT2D eigenvalue weighted by Crippen LogP contribution is -2.57. The number of hydrogen-bond acceptors (Lipinski definition) is 11. The van der Waals surface area contributed by atoms with Gasteiger partial charge in [-0.3, -0.25) is 4.79 Å². The van der Waals surface area contributed by atoms with Crippen LogP contribution in [0.2, 0.25) is 0 Å². The zero-order valence-electron chi connectivity index (χ0n) is 30.7. The molecule has 2 saturated carbocycles. The third-order valence-electron chi connectivity index (χ3n) is 9.27. The number of ether oxygens (including phenoxy) is 8. The van der Waals surface area contributed by atoms with E-state index in [0.29, 0.717) is 53.6 Å². The highest BCUT2D eigenvalue weighted by Crippen LogP contribution is 2.49. The molecule has 11 heteroatoms. The molecule has 2 aliphatic carbocycles. The van der Waals surface area contributed by atoms with Crippen molar-refractivity contribution in [2.45, 2.75) is 75.1 Å². The zero-order valence-corrected chi connectivity index (χ0v) is 30.7. The lowest BCUT2D eigenvalue weighted by Gasteiger charge is -2.42. The van der Waals surface area contributed by atoms with Crippen molar-refractivity contribution >= 4 is 29.9 Å².